The fourth-order valence-corrected chi connectivity index (χ4v) is 3.79. The first kappa shape index (κ1) is 19.4. The van der Waals surface area contributed by atoms with Gasteiger partial charge in [-0.05, 0) is 24.1 Å². The number of carbonyl (C=O) groups excluding carboxylic acids is 1. The third-order valence-electron chi connectivity index (χ3n) is 4.70. The monoisotopic (exact) mass is 351 g/mol. The lowest BCUT2D eigenvalue weighted by Crippen LogP contribution is -3.15. The van der Waals surface area contributed by atoms with Crippen molar-refractivity contribution in [3.05, 3.63) is 17.7 Å². The molecule has 1 aliphatic rings. The van der Waals surface area contributed by atoms with Gasteiger partial charge in [0.15, 0.2) is 18.0 Å². The lowest BCUT2D eigenvalue weighted by molar-refractivity contribution is -0.904. The number of nitrogens with one attached hydrogen (secondary N) is 2. The van der Waals surface area contributed by atoms with Gasteiger partial charge in [-0.3, -0.25) is 4.79 Å². The molecule has 0 spiro atoms. The Balaban J connectivity index is 1.95. The zero-order valence-corrected chi connectivity index (χ0v) is 16.0. The van der Waals surface area contributed by atoms with E-state index >= 15 is 0 Å². The Hall–Kier alpha value is -1.95. The van der Waals surface area contributed by atoms with Crippen molar-refractivity contribution in [3.63, 3.8) is 0 Å². The molecular weight excluding hydrogens is 320 g/mol. The number of quaternary nitrogens is 1. The number of piperidine rings is 1. The lowest BCUT2D eigenvalue weighted by Gasteiger charge is -2.31. The molecule has 0 aliphatic carbocycles. The van der Waals surface area contributed by atoms with E-state index in [1.807, 2.05) is 12.1 Å². The van der Waals surface area contributed by atoms with Crippen LogP contribution in [-0.4, -0.2) is 46.9 Å². The fraction of sp³-hybridized carbons (Fsp3) is 0.632. The van der Waals surface area contributed by atoms with E-state index < -0.39 is 0 Å². The molecule has 1 aliphatic heterocycles. The van der Waals surface area contributed by atoms with E-state index in [9.17, 15) is 4.79 Å². The highest BCUT2D eigenvalue weighted by molar-refractivity contribution is 5.76. The Morgan fingerprint density at radius 2 is 1.64 bits per heavy atom. The second-order valence-electron chi connectivity index (χ2n) is 7.09. The number of hydrogen-bond donors (Lipinski definition) is 2. The lowest BCUT2D eigenvalue weighted by atomic mass is 9.92. The average Bonchev–Trinajstić information content (AvgIpc) is 2.57. The van der Waals surface area contributed by atoms with Gasteiger partial charge in [0, 0.05) is 18.4 Å². The minimum Gasteiger partial charge on any atom is -0.493 e. The molecule has 2 atom stereocenters. The smallest absolute Gasteiger partial charge is 0.275 e. The van der Waals surface area contributed by atoms with E-state index in [1.165, 1.54) is 11.3 Å². The summed E-state index contributed by atoms with van der Waals surface area (Å²) < 4.78 is 16.0. The van der Waals surface area contributed by atoms with Crippen molar-refractivity contribution >= 4 is 5.91 Å². The molecule has 6 nitrogen and oxygen atoms in total. The topological polar surface area (TPSA) is 61.2 Å². The van der Waals surface area contributed by atoms with E-state index in [0.29, 0.717) is 42.2 Å². The standard InChI is InChI=1S/C19H30N2O4/c1-13-6-14(2)11-21(10-13)12-18(22)20-9-15-7-16(23-3)19(25-5)17(8-15)24-4/h7-8,13-14H,6,9-12H2,1-5H3,(H,20,22)/p+1/t13-,14-/m0/s1. The van der Waals surface area contributed by atoms with Gasteiger partial charge in [0.25, 0.3) is 5.91 Å². The molecule has 2 rings (SSSR count). The van der Waals surface area contributed by atoms with Gasteiger partial charge in [0.2, 0.25) is 5.75 Å². The quantitative estimate of drug-likeness (QED) is 0.766. The van der Waals surface area contributed by atoms with Crippen LogP contribution in [0.1, 0.15) is 25.8 Å². The number of likely N-dealkylation sites (tertiary alicyclic amines) is 1. The molecular formula is C19H31N2O4+. The third kappa shape index (κ3) is 5.26. The molecule has 140 valence electrons. The molecule has 0 bridgehead atoms. The number of benzene rings is 1. The predicted octanol–water partition coefficient (Wildman–Crippen LogP) is 0.889. The Morgan fingerprint density at radius 3 is 2.12 bits per heavy atom. The van der Waals surface area contributed by atoms with Crippen LogP contribution in [0.5, 0.6) is 17.2 Å². The third-order valence-corrected chi connectivity index (χ3v) is 4.70. The largest absolute Gasteiger partial charge is 0.493 e. The first-order valence-electron chi connectivity index (χ1n) is 8.85. The molecule has 0 radical (unpaired) electrons. The second-order valence-corrected chi connectivity index (χ2v) is 7.09. The maximum Gasteiger partial charge on any atom is 0.275 e. The first-order chi connectivity index (χ1) is 12.0. The SMILES string of the molecule is COc1cc(CNC(=O)C[NH+]2C[C@@H](C)C[C@H](C)C2)cc(OC)c1OC. The van der Waals surface area contributed by atoms with Gasteiger partial charge in [0.1, 0.15) is 0 Å². The zero-order valence-electron chi connectivity index (χ0n) is 16.0. The van der Waals surface area contributed by atoms with Gasteiger partial charge in [-0.25, -0.2) is 0 Å². The summed E-state index contributed by atoms with van der Waals surface area (Å²) in [6.45, 7) is 7.64. The van der Waals surface area contributed by atoms with Crippen LogP contribution in [0.3, 0.4) is 0 Å². The van der Waals surface area contributed by atoms with E-state index in [2.05, 4.69) is 19.2 Å². The maximum absolute atomic E-state index is 12.3. The van der Waals surface area contributed by atoms with Crippen LogP contribution in [0.15, 0.2) is 12.1 Å². The average molecular weight is 351 g/mol. The summed E-state index contributed by atoms with van der Waals surface area (Å²) in [5.74, 6) is 3.18. The molecule has 0 unspecified atom stereocenters. The summed E-state index contributed by atoms with van der Waals surface area (Å²) in [4.78, 5) is 13.7. The van der Waals surface area contributed by atoms with Crippen molar-refractivity contribution in [2.24, 2.45) is 11.8 Å². The van der Waals surface area contributed by atoms with Crippen LogP contribution in [0, 0.1) is 11.8 Å². The van der Waals surface area contributed by atoms with Crippen LogP contribution < -0.4 is 24.4 Å². The Labute approximate surface area is 150 Å². The van der Waals surface area contributed by atoms with Gasteiger partial charge in [-0.15, -0.1) is 0 Å². The molecule has 1 amide bonds. The highest BCUT2D eigenvalue weighted by atomic mass is 16.5. The molecule has 1 saturated heterocycles. The van der Waals surface area contributed by atoms with Crippen LogP contribution in [-0.2, 0) is 11.3 Å². The fourth-order valence-electron chi connectivity index (χ4n) is 3.79. The van der Waals surface area contributed by atoms with Crippen molar-refractivity contribution in [2.75, 3.05) is 41.0 Å². The van der Waals surface area contributed by atoms with Crippen molar-refractivity contribution < 1.29 is 23.9 Å². The van der Waals surface area contributed by atoms with Gasteiger partial charge >= 0.3 is 0 Å². The summed E-state index contributed by atoms with van der Waals surface area (Å²) >= 11 is 0. The number of hydrogen-bond acceptors (Lipinski definition) is 4. The van der Waals surface area contributed by atoms with E-state index in [4.69, 9.17) is 14.2 Å². The molecule has 1 heterocycles. The van der Waals surface area contributed by atoms with Crippen molar-refractivity contribution in [2.45, 2.75) is 26.8 Å². The number of amides is 1. The van der Waals surface area contributed by atoms with E-state index in [0.717, 1.165) is 18.7 Å². The Bertz CT molecular complexity index is 556. The number of ether oxygens (including phenoxy) is 3. The molecule has 25 heavy (non-hydrogen) atoms. The normalized spacial score (nSPS) is 23.0. The highest BCUT2D eigenvalue weighted by Gasteiger charge is 2.26. The predicted molar refractivity (Wildman–Crippen MR) is 96.5 cm³/mol. The minimum absolute atomic E-state index is 0.0741. The summed E-state index contributed by atoms with van der Waals surface area (Å²) in [5.41, 5.74) is 0.915. The highest BCUT2D eigenvalue weighted by Crippen LogP contribution is 2.38. The Kier molecular flexibility index (Phi) is 6.93. The van der Waals surface area contributed by atoms with Crippen LogP contribution in [0.25, 0.3) is 0 Å². The molecule has 6 heteroatoms. The van der Waals surface area contributed by atoms with Crippen LogP contribution in [0.2, 0.25) is 0 Å². The Morgan fingerprint density at radius 1 is 1.08 bits per heavy atom. The second kappa shape index (κ2) is 8.94. The van der Waals surface area contributed by atoms with Crippen molar-refractivity contribution in [1.82, 2.24) is 5.32 Å². The molecule has 1 fully saturated rings. The number of methoxy groups -OCH3 is 3. The molecule has 0 aromatic heterocycles. The van der Waals surface area contributed by atoms with Crippen LogP contribution >= 0.6 is 0 Å². The van der Waals surface area contributed by atoms with Gasteiger partial charge in [-0.1, -0.05) is 13.8 Å². The molecule has 1 aromatic rings. The maximum atomic E-state index is 12.3. The van der Waals surface area contributed by atoms with Gasteiger partial charge in [-0.2, -0.15) is 0 Å². The summed E-state index contributed by atoms with van der Waals surface area (Å²) in [7, 11) is 4.74. The van der Waals surface area contributed by atoms with Gasteiger partial charge in [0.05, 0.1) is 34.4 Å². The summed E-state index contributed by atoms with van der Waals surface area (Å²) in [6.07, 6.45) is 1.26. The first-order valence-corrected chi connectivity index (χ1v) is 8.85. The van der Waals surface area contributed by atoms with E-state index in [1.54, 1.807) is 21.3 Å². The molecule has 1 aromatic carbocycles. The van der Waals surface area contributed by atoms with Crippen molar-refractivity contribution in [1.29, 1.82) is 0 Å². The molecule has 0 saturated carbocycles. The zero-order chi connectivity index (χ0) is 18.4. The van der Waals surface area contributed by atoms with Crippen molar-refractivity contribution in [3.8, 4) is 17.2 Å². The summed E-state index contributed by atoms with van der Waals surface area (Å²) in [5, 5.41) is 3.00. The van der Waals surface area contributed by atoms with Gasteiger partial charge < -0.3 is 24.4 Å². The molecule has 2 N–H and O–H groups in total. The van der Waals surface area contributed by atoms with Crippen LogP contribution in [0.4, 0.5) is 0 Å². The number of rotatable bonds is 7. The summed E-state index contributed by atoms with van der Waals surface area (Å²) in [6, 6.07) is 3.72. The van der Waals surface area contributed by atoms with E-state index in [-0.39, 0.29) is 5.91 Å². The number of carbonyl (C=O) groups is 1. The minimum atomic E-state index is 0.0741.